The Morgan fingerprint density at radius 1 is 0.412 bits per heavy atom. The van der Waals surface area contributed by atoms with E-state index in [0.717, 1.165) is 42.7 Å². The first-order valence-corrected chi connectivity index (χ1v) is 29.1. The summed E-state index contributed by atoms with van der Waals surface area (Å²) in [5.74, 6) is 0.538. The van der Waals surface area contributed by atoms with Gasteiger partial charge in [0, 0.05) is 55.1 Å². The van der Waals surface area contributed by atoms with Crippen LogP contribution in [0.1, 0.15) is 86.8 Å². The molecule has 0 saturated carbocycles. The lowest BCUT2D eigenvalue weighted by Crippen LogP contribution is -2.21. The molecule has 1 unspecified atom stereocenters. The highest BCUT2D eigenvalue weighted by atomic mass is 15.2. The zero-order valence-electron chi connectivity index (χ0n) is 46.0. The maximum Gasteiger partial charge on any atom is 0.0546 e. The van der Waals surface area contributed by atoms with E-state index < -0.39 is 0 Å². The van der Waals surface area contributed by atoms with E-state index in [4.69, 9.17) is 0 Å². The first kappa shape index (κ1) is 47.1. The molecule has 384 valence electrons. The second-order valence-electron chi connectivity index (χ2n) is 24.2. The van der Waals surface area contributed by atoms with Crippen molar-refractivity contribution in [2.24, 2.45) is 5.92 Å². The van der Waals surface area contributed by atoms with Crippen molar-refractivity contribution in [3.05, 3.63) is 275 Å². The number of hydrogen-bond acceptors (Lipinski definition) is 2. The fraction of sp³-hybridized carbons (Fsp3) is 0.154. The van der Waals surface area contributed by atoms with Gasteiger partial charge in [0.2, 0.25) is 0 Å². The van der Waals surface area contributed by atoms with Gasteiger partial charge in [0.15, 0.2) is 0 Å². The van der Waals surface area contributed by atoms with Gasteiger partial charge in [0.1, 0.15) is 0 Å². The summed E-state index contributed by atoms with van der Waals surface area (Å²) < 4.78 is 0. The van der Waals surface area contributed by atoms with Crippen LogP contribution in [0.4, 0.5) is 28.4 Å². The molecule has 1 atom stereocenters. The third-order valence-corrected chi connectivity index (χ3v) is 19.1. The van der Waals surface area contributed by atoms with Gasteiger partial charge in [-0.3, -0.25) is 0 Å². The molecule has 0 heterocycles. The number of aryl methyl sites for hydroxylation is 1. The molecule has 5 aliphatic rings. The van der Waals surface area contributed by atoms with Crippen molar-refractivity contribution in [3.8, 4) is 44.5 Å². The third kappa shape index (κ3) is 7.04. The number of benzene rings is 11. The zero-order chi connectivity index (χ0) is 53.4. The van der Waals surface area contributed by atoms with Gasteiger partial charge in [-0.25, -0.2) is 0 Å². The molecular formula is C78H62N2. The lowest BCUT2D eigenvalue weighted by atomic mass is 9.81. The lowest BCUT2D eigenvalue weighted by molar-refractivity contribution is 0.562. The number of hydrogen-bond donors (Lipinski definition) is 0. The van der Waals surface area contributed by atoms with E-state index in [9.17, 15) is 0 Å². The Balaban J connectivity index is 1.01. The van der Waals surface area contributed by atoms with E-state index in [1.54, 1.807) is 0 Å². The Morgan fingerprint density at radius 2 is 0.912 bits per heavy atom. The van der Waals surface area contributed by atoms with Crippen LogP contribution >= 0.6 is 0 Å². The second kappa shape index (κ2) is 17.8. The summed E-state index contributed by atoms with van der Waals surface area (Å²) in [7, 11) is 0. The monoisotopic (exact) mass is 1030 g/mol. The summed E-state index contributed by atoms with van der Waals surface area (Å²) in [5.41, 5.74) is 26.6. The van der Waals surface area contributed by atoms with Crippen LogP contribution in [-0.4, -0.2) is 0 Å². The minimum atomic E-state index is -0.170. The Morgan fingerprint density at radius 3 is 1.52 bits per heavy atom. The number of fused-ring (bicyclic) bond motifs is 8. The number of anilines is 5. The zero-order valence-corrected chi connectivity index (χ0v) is 46.0. The Kier molecular flexibility index (Phi) is 10.5. The highest BCUT2D eigenvalue weighted by Gasteiger charge is 2.38. The molecule has 16 rings (SSSR count). The highest BCUT2D eigenvalue weighted by molar-refractivity contribution is 6.32. The molecule has 0 N–H and O–H groups in total. The molecule has 2 heteroatoms. The van der Waals surface area contributed by atoms with Gasteiger partial charge < -0.3 is 9.80 Å². The maximum absolute atomic E-state index is 2.62. The molecule has 0 aromatic heterocycles. The summed E-state index contributed by atoms with van der Waals surface area (Å²) in [6, 6.07) is 76.9. The van der Waals surface area contributed by atoms with E-state index in [-0.39, 0.29) is 10.8 Å². The number of allylic oxidation sites excluding steroid dienone is 6. The molecule has 2 nitrogen and oxygen atoms in total. The Hall–Kier alpha value is -8.98. The molecule has 0 spiro atoms. The summed E-state index contributed by atoms with van der Waals surface area (Å²) in [5, 5.41) is 7.53. The van der Waals surface area contributed by atoms with Crippen LogP contribution in [0.3, 0.4) is 0 Å². The Bertz CT molecular complexity index is 4500. The van der Waals surface area contributed by atoms with E-state index in [1.807, 2.05) is 0 Å². The van der Waals surface area contributed by atoms with E-state index >= 15 is 0 Å². The van der Waals surface area contributed by atoms with E-state index in [1.165, 1.54) is 139 Å². The lowest BCUT2D eigenvalue weighted by Gasteiger charge is -2.34. The van der Waals surface area contributed by atoms with E-state index in [2.05, 4.69) is 274 Å². The standard InChI is InChI=1S/C78H62N2/c1-77(2)69-29-17-15-27-59(69)61-37-35-57(45-71(61)77)79(55-33-31-49-19-11-13-25-53(49)43-55)73-47-67(51-21-7-5-8-22-51)63-40-42-66-74(48-68(52-23-9-6-10-24-52)64-39-41-65(73)75(63)76(64)66)80(56-34-32-50-20-12-14-26-54(50)44-56)58-36-38-62-60-28-16-18-30-70(60)78(3,4)72(62)46-58/h5-10,13-18,21-31,33-48,50H,11-12,19-20,32H2,1-4H3. The molecule has 11 aromatic carbocycles. The van der Waals surface area contributed by atoms with Crippen LogP contribution in [0.2, 0.25) is 0 Å². The maximum atomic E-state index is 2.62. The van der Waals surface area contributed by atoms with Crippen LogP contribution in [0.5, 0.6) is 0 Å². The second-order valence-corrected chi connectivity index (χ2v) is 24.2. The molecule has 0 amide bonds. The number of nitrogens with zero attached hydrogens (tertiary/aromatic N) is 2. The quantitative estimate of drug-likeness (QED) is 0.140. The fourth-order valence-corrected chi connectivity index (χ4v) is 15.0. The molecule has 5 aliphatic carbocycles. The number of rotatable bonds is 8. The van der Waals surface area contributed by atoms with Gasteiger partial charge in [0.25, 0.3) is 0 Å². The van der Waals surface area contributed by atoms with Gasteiger partial charge in [-0.2, -0.15) is 0 Å². The van der Waals surface area contributed by atoms with Gasteiger partial charge in [-0.05, 0) is 187 Å². The molecular weight excluding hydrogens is 965 g/mol. The minimum absolute atomic E-state index is 0.162. The van der Waals surface area contributed by atoms with Crippen LogP contribution in [-0.2, 0) is 17.3 Å². The molecule has 0 aliphatic heterocycles. The minimum Gasteiger partial charge on any atom is -0.310 e. The average Bonchev–Trinajstić information content (AvgIpc) is 3.88. The fourth-order valence-electron chi connectivity index (χ4n) is 15.0. The van der Waals surface area contributed by atoms with Crippen molar-refractivity contribution in [3.63, 3.8) is 0 Å². The molecule has 11 aromatic rings. The molecule has 0 radical (unpaired) electrons. The predicted octanol–water partition coefficient (Wildman–Crippen LogP) is 21.3. The first-order chi connectivity index (χ1) is 39.2. The van der Waals surface area contributed by atoms with Crippen molar-refractivity contribution in [1.82, 2.24) is 0 Å². The third-order valence-electron chi connectivity index (χ3n) is 19.1. The topological polar surface area (TPSA) is 6.48 Å². The predicted molar refractivity (Wildman–Crippen MR) is 339 cm³/mol. The first-order valence-electron chi connectivity index (χ1n) is 29.1. The summed E-state index contributed by atoms with van der Waals surface area (Å²) in [4.78, 5) is 5.21. The van der Waals surface area contributed by atoms with Crippen LogP contribution in [0.15, 0.2) is 242 Å². The average molecular weight is 1030 g/mol. The summed E-state index contributed by atoms with van der Waals surface area (Å²) in [6.45, 7) is 9.61. The van der Waals surface area contributed by atoms with Crippen molar-refractivity contribution in [2.45, 2.75) is 70.6 Å². The van der Waals surface area contributed by atoms with Crippen molar-refractivity contribution in [1.29, 1.82) is 0 Å². The van der Waals surface area contributed by atoms with Gasteiger partial charge in [-0.15, -0.1) is 0 Å². The van der Waals surface area contributed by atoms with Crippen LogP contribution < -0.4 is 9.80 Å². The van der Waals surface area contributed by atoms with Crippen molar-refractivity contribution >= 4 is 66.8 Å². The summed E-state index contributed by atoms with van der Waals surface area (Å²) in [6.07, 6.45) is 20.0. The van der Waals surface area contributed by atoms with Crippen LogP contribution in [0.25, 0.3) is 82.9 Å². The van der Waals surface area contributed by atoms with Gasteiger partial charge >= 0.3 is 0 Å². The smallest absolute Gasteiger partial charge is 0.0546 e. The van der Waals surface area contributed by atoms with Crippen LogP contribution in [0, 0.1) is 5.92 Å². The normalized spacial score (nSPS) is 16.9. The van der Waals surface area contributed by atoms with E-state index in [0.29, 0.717) is 5.92 Å². The summed E-state index contributed by atoms with van der Waals surface area (Å²) >= 11 is 0. The molecule has 0 saturated heterocycles. The van der Waals surface area contributed by atoms with Crippen molar-refractivity contribution < 1.29 is 0 Å². The molecule has 0 fully saturated rings. The largest absolute Gasteiger partial charge is 0.310 e. The molecule has 80 heavy (non-hydrogen) atoms. The van der Waals surface area contributed by atoms with Gasteiger partial charge in [-0.1, -0.05) is 210 Å². The Labute approximate surface area is 470 Å². The highest BCUT2D eigenvalue weighted by Crippen LogP contribution is 2.56. The SMILES string of the molecule is CC1(C)c2ccccc2-c2ccc(N(C3=CCC4CCC=CC4=C3)c3cc(-c4ccccc4)c4ccc5c(N(c6ccc7c(c6)C=CCC7)c6ccc7c(c6)C(C)(C)c6ccccc6-7)cc(-c6ccccc6)c6ccc3c4c65)cc21. The van der Waals surface area contributed by atoms with Crippen molar-refractivity contribution in [2.75, 3.05) is 9.80 Å². The molecule has 0 bridgehead atoms. The van der Waals surface area contributed by atoms with Gasteiger partial charge in [0.05, 0.1) is 11.4 Å².